The van der Waals surface area contributed by atoms with Crippen molar-refractivity contribution < 1.29 is 19.2 Å². The SMILES string of the molecule is CC(=O)N1CCC[C@H]1C(=O)Nc1ccc(-c2nc(C3C=CC(NC(=O)[C@@H]4C=CCN4C(=O)Cc4cccs4)=CC3)cs2)cc1. The third-order valence-corrected chi connectivity index (χ3v) is 9.87. The van der Waals surface area contributed by atoms with Crippen molar-refractivity contribution in [2.45, 2.75) is 50.6 Å². The van der Waals surface area contributed by atoms with Crippen LogP contribution in [0.3, 0.4) is 0 Å². The zero-order chi connectivity index (χ0) is 30.6. The highest BCUT2D eigenvalue weighted by Gasteiger charge is 2.33. The molecular weight excluding hydrogens is 595 g/mol. The molecule has 3 aliphatic rings. The summed E-state index contributed by atoms with van der Waals surface area (Å²) in [5, 5.41) is 10.8. The van der Waals surface area contributed by atoms with Gasteiger partial charge in [-0.1, -0.05) is 30.4 Å². The number of aromatic nitrogens is 1. The van der Waals surface area contributed by atoms with Gasteiger partial charge in [0.2, 0.25) is 17.7 Å². The van der Waals surface area contributed by atoms with Gasteiger partial charge in [-0.25, -0.2) is 4.98 Å². The number of allylic oxidation sites excluding steroid dienone is 3. The molecule has 6 rings (SSSR count). The van der Waals surface area contributed by atoms with Crippen LogP contribution < -0.4 is 10.6 Å². The van der Waals surface area contributed by atoms with Crippen LogP contribution in [0.2, 0.25) is 0 Å². The minimum Gasteiger partial charge on any atom is -0.331 e. The van der Waals surface area contributed by atoms with Gasteiger partial charge >= 0.3 is 0 Å². The first-order valence-electron chi connectivity index (χ1n) is 14.7. The molecule has 1 aromatic carbocycles. The first-order chi connectivity index (χ1) is 21.4. The van der Waals surface area contributed by atoms with E-state index in [2.05, 4.69) is 10.6 Å². The van der Waals surface area contributed by atoms with Crippen LogP contribution in [0.15, 0.2) is 83.2 Å². The number of likely N-dealkylation sites (tertiary alicyclic amines) is 1. The number of amides is 4. The fourth-order valence-corrected chi connectivity index (χ4v) is 7.33. The maximum Gasteiger partial charge on any atom is 0.251 e. The maximum atomic E-state index is 13.1. The zero-order valence-corrected chi connectivity index (χ0v) is 25.9. The molecule has 1 aliphatic carbocycles. The Hall–Kier alpha value is -4.35. The summed E-state index contributed by atoms with van der Waals surface area (Å²) in [6.45, 7) is 2.55. The van der Waals surface area contributed by atoms with Crippen LogP contribution in [0.5, 0.6) is 0 Å². The second kappa shape index (κ2) is 13.1. The number of nitrogens with zero attached hydrogens (tertiary/aromatic N) is 3. The van der Waals surface area contributed by atoms with Crippen LogP contribution in [-0.4, -0.2) is 63.6 Å². The Kier molecular flexibility index (Phi) is 8.85. The molecule has 0 radical (unpaired) electrons. The lowest BCUT2D eigenvalue weighted by Gasteiger charge is -2.24. The molecule has 4 heterocycles. The van der Waals surface area contributed by atoms with Crippen molar-refractivity contribution in [3.8, 4) is 10.6 Å². The van der Waals surface area contributed by atoms with Gasteiger partial charge in [-0.15, -0.1) is 22.7 Å². The van der Waals surface area contributed by atoms with Crippen LogP contribution in [0, 0.1) is 0 Å². The van der Waals surface area contributed by atoms with E-state index in [4.69, 9.17) is 4.98 Å². The van der Waals surface area contributed by atoms with Crippen molar-refractivity contribution in [3.05, 3.63) is 93.8 Å². The van der Waals surface area contributed by atoms with Gasteiger partial charge in [0.25, 0.3) is 5.91 Å². The minimum atomic E-state index is -0.617. The molecule has 0 saturated carbocycles. The standard InChI is InChI=1S/C33H33N5O4S2/c1-21(39)37-16-2-6-28(37)31(41)34-25-14-10-23(11-15-25)33-36-27(20-44-33)22-8-12-24(13-9-22)35-32(42)29-7-3-17-38(29)30(40)19-26-5-4-18-43-26/h3-5,7-8,10-15,18,20,22,28-29H,2,6,9,16-17,19H2,1H3,(H,34,41)(H,35,42)/t22?,28-,29-/m0/s1. The number of hydrogen-bond donors (Lipinski definition) is 2. The average Bonchev–Trinajstić information content (AvgIpc) is 3.85. The van der Waals surface area contributed by atoms with Crippen molar-refractivity contribution in [3.63, 3.8) is 0 Å². The monoisotopic (exact) mass is 627 g/mol. The number of nitrogens with one attached hydrogen (secondary N) is 2. The Morgan fingerprint density at radius 2 is 1.84 bits per heavy atom. The number of benzene rings is 1. The third kappa shape index (κ3) is 6.58. The predicted molar refractivity (Wildman–Crippen MR) is 172 cm³/mol. The lowest BCUT2D eigenvalue weighted by atomic mass is 9.96. The normalized spacial score (nSPS) is 20.9. The molecule has 0 bridgehead atoms. The molecule has 226 valence electrons. The van der Waals surface area contributed by atoms with E-state index in [9.17, 15) is 19.2 Å². The number of thiazole rings is 1. The topological polar surface area (TPSA) is 112 Å². The number of hydrogen-bond acceptors (Lipinski definition) is 7. The molecule has 0 spiro atoms. The van der Waals surface area contributed by atoms with Gasteiger partial charge in [0.05, 0.1) is 12.1 Å². The van der Waals surface area contributed by atoms with E-state index in [0.29, 0.717) is 43.7 Å². The Morgan fingerprint density at radius 3 is 2.57 bits per heavy atom. The summed E-state index contributed by atoms with van der Waals surface area (Å²) in [6, 6.07) is 10.4. The number of anilines is 1. The van der Waals surface area contributed by atoms with Gasteiger partial charge in [-0.3, -0.25) is 19.2 Å². The third-order valence-electron chi connectivity index (χ3n) is 8.08. The molecule has 9 nitrogen and oxygen atoms in total. The van der Waals surface area contributed by atoms with Crippen molar-refractivity contribution in [1.82, 2.24) is 20.1 Å². The largest absolute Gasteiger partial charge is 0.331 e. The van der Waals surface area contributed by atoms with Gasteiger partial charge < -0.3 is 20.4 Å². The highest BCUT2D eigenvalue weighted by Crippen LogP contribution is 2.32. The van der Waals surface area contributed by atoms with Crippen LogP contribution in [0.1, 0.15) is 42.7 Å². The Labute approximate surface area is 264 Å². The van der Waals surface area contributed by atoms with Gasteiger partial charge in [-0.2, -0.15) is 0 Å². The van der Waals surface area contributed by atoms with Crippen LogP contribution in [-0.2, 0) is 25.6 Å². The lowest BCUT2D eigenvalue weighted by Crippen LogP contribution is -2.46. The van der Waals surface area contributed by atoms with Gasteiger partial charge in [-0.05, 0) is 61.1 Å². The molecular formula is C33H33N5O4S2. The Morgan fingerprint density at radius 1 is 1.00 bits per heavy atom. The number of rotatable bonds is 8. The highest BCUT2D eigenvalue weighted by atomic mass is 32.1. The number of thiophene rings is 1. The van der Waals surface area contributed by atoms with Crippen molar-refractivity contribution >= 4 is 52.0 Å². The summed E-state index contributed by atoms with van der Waals surface area (Å²) in [5.74, 6) is -0.426. The summed E-state index contributed by atoms with van der Waals surface area (Å²) < 4.78 is 0. The first-order valence-corrected chi connectivity index (χ1v) is 16.4. The van der Waals surface area contributed by atoms with E-state index in [1.165, 1.54) is 18.3 Å². The Bertz CT molecular complexity index is 1640. The Balaban J connectivity index is 1.01. The van der Waals surface area contributed by atoms with Crippen LogP contribution >= 0.6 is 22.7 Å². The summed E-state index contributed by atoms with van der Waals surface area (Å²) in [7, 11) is 0. The molecule has 2 aliphatic heterocycles. The number of carbonyl (C=O) groups excluding carboxylic acids is 4. The summed E-state index contributed by atoms with van der Waals surface area (Å²) in [6.07, 6.45) is 12.1. The summed E-state index contributed by atoms with van der Waals surface area (Å²) in [5.41, 5.74) is 3.31. The first kappa shape index (κ1) is 29.7. The van der Waals surface area contributed by atoms with E-state index in [1.807, 2.05) is 71.5 Å². The van der Waals surface area contributed by atoms with Crippen molar-refractivity contribution in [2.24, 2.45) is 0 Å². The molecule has 11 heteroatoms. The van der Waals surface area contributed by atoms with Crippen LogP contribution in [0.4, 0.5) is 5.69 Å². The fraction of sp³-hybridized carbons (Fsp3) is 0.303. The van der Waals surface area contributed by atoms with Crippen molar-refractivity contribution in [1.29, 1.82) is 0 Å². The molecule has 44 heavy (non-hydrogen) atoms. The van der Waals surface area contributed by atoms with Gasteiger partial charge in [0.1, 0.15) is 17.1 Å². The zero-order valence-electron chi connectivity index (χ0n) is 24.3. The predicted octanol–water partition coefficient (Wildman–Crippen LogP) is 4.87. The molecule has 2 aromatic heterocycles. The second-order valence-corrected chi connectivity index (χ2v) is 12.9. The highest BCUT2D eigenvalue weighted by molar-refractivity contribution is 7.13. The molecule has 4 amide bonds. The lowest BCUT2D eigenvalue weighted by molar-refractivity contribution is -0.136. The molecule has 1 saturated heterocycles. The van der Waals surface area contributed by atoms with Gasteiger partial charge in [0.15, 0.2) is 0 Å². The number of carbonyl (C=O) groups is 4. The van der Waals surface area contributed by atoms with E-state index < -0.39 is 12.1 Å². The molecule has 2 N–H and O–H groups in total. The van der Waals surface area contributed by atoms with Crippen LogP contribution in [0.25, 0.3) is 10.6 Å². The fourth-order valence-electron chi connectivity index (χ4n) is 5.75. The minimum absolute atomic E-state index is 0.0605. The van der Waals surface area contributed by atoms with Crippen molar-refractivity contribution in [2.75, 3.05) is 18.4 Å². The average molecular weight is 628 g/mol. The molecule has 3 aromatic rings. The molecule has 1 fully saturated rings. The maximum absolute atomic E-state index is 13.1. The van der Waals surface area contributed by atoms with E-state index in [1.54, 1.807) is 27.2 Å². The second-order valence-electron chi connectivity index (χ2n) is 11.0. The van der Waals surface area contributed by atoms with E-state index in [-0.39, 0.29) is 29.5 Å². The molecule has 1 unspecified atom stereocenters. The quantitative estimate of drug-likeness (QED) is 0.346. The summed E-state index contributed by atoms with van der Waals surface area (Å²) in [4.78, 5) is 59.5. The molecule has 3 atom stereocenters. The smallest absolute Gasteiger partial charge is 0.251 e. The van der Waals surface area contributed by atoms with Gasteiger partial charge in [0, 0.05) is 53.1 Å². The van der Waals surface area contributed by atoms with E-state index >= 15 is 0 Å². The summed E-state index contributed by atoms with van der Waals surface area (Å²) >= 11 is 3.10. The van der Waals surface area contributed by atoms with E-state index in [0.717, 1.165) is 27.6 Å².